The minimum atomic E-state index is 0.0312. The summed E-state index contributed by atoms with van der Waals surface area (Å²) in [6.07, 6.45) is 0. The Bertz CT molecular complexity index is 539. The Morgan fingerprint density at radius 1 is 1.10 bits per heavy atom. The number of hydrogen-bond acceptors (Lipinski definition) is 5. The average molecular weight is 291 g/mol. The van der Waals surface area contributed by atoms with Crippen LogP contribution in [0.2, 0.25) is 0 Å². The molecular formula is C15H21N3OS. The summed E-state index contributed by atoms with van der Waals surface area (Å²) in [6, 6.07) is 10.0. The highest BCUT2D eigenvalue weighted by molar-refractivity contribution is 7.16. The molecule has 0 atom stereocenters. The molecule has 4 nitrogen and oxygen atoms in total. The second-order valence-electron chi connectivity index (χ2n) is 5.02. The Morgan fingerprint density at radius 3 is 2.40 bits per heavy atom. The van der Waals surface area contributed by atoms with Crippen molar-refractivity contribution in [1.82, 2.24) is 9.88 Å². The standard InChI is InChI=1S/C15H21N3OS/c1-17(2)9-10-18(3)15-16-14(13(11-19)20-15)12-7-5-4-6-8-12/h4-8,19H,9-11H2,1-3H3. The fourth-order valence-electron chi connectivity index (χ4n) is 1.88. The molecule has 0 bridgehead atoms. The molecular weight excluding hydrogens is 270 g/mol. The van der Waals surface area contributed by atoms with E-state index in [4.69, 9.17) is 4.98 Å². The van der Waals surface area contributed by atoms with Crippen LogP contribution < -0.4 is 4.90 Å². The normalized spacial score (nSPS) is 11.1. The van der Waals surface area contributed by atoms with Crippen molar-refractivity contribution in [2.75, 3.05) is 39.1 Å². The van der Waals surface area contributed by atoms with Gasteiger partial charge in [-0.05, 0) is 14.1 Å². The lowest BCUT2D eigenvalue weighted by Gasteiger charge is -2.18. The van der Waals surface area contributed by atoms with Crippen molar-refractivity contribution in [3.8, 4) is 11.3 Å². The molecule has 2 aromatic rings. The highest BCUT2D eigenvalue weighted by Crippen LogP contribution is 2.32. The molecule has 108 valence electrons. The minimum absolute atomic E-state index is 0.0312. The van der Waals surface area contributed by atoms with Crippen LogP contribution in [0.4, 0.5) is 5.13 Å². The van der Waals surface area contributed by atoms with Crippen molar-refractivity contribution in [2.45, 2.75) is 6.61 Å². The predicted octanol–water partition coefficient (Wildman–Crippen LogP) is 2.30. The molecule has 20 heavy (non-hydrogen) atoms. The Hall–Kier alpha value is -1.43. The molecule has 0 unspecified atom stereocenters. The molecule has 0 aliphatic heterocycles. The maximum atomic E-state index is 9.54. The lowest BCUT2D eigenvalue weighted by molar-refractivity contribution is 0.286. The third-order valence-electron chi connectivity index (χ3n) is 3.09. The Kier molecular flexibility index (Phi) is 5.11. The van der Waals surface area contributed by atoms with Crippen LogP contribution in [0.25, 0.3) is 11.3 Å². The maximum absolute atomic E-state index is 9.54. The number of rotatable bonds is 6. The van der Waals surface area contributed by atoms with E-state index in [0.29, 0.717) is 0 Å². The van der Waals surface area contributed by atoms with Gasteiger partial charge in [-0.1, -0.05) is 41.7 Å². The minimum Gasteiger partial charge on any atom is -0.391 e. The number of thiazole rings is 1. The number of likely N-dealkylation sites (N-methyl/N-ethyl adjacent to an activating group) is 2. The van der Waals surface area contributed by atoms with E-state index < -0.39 is 0 Å². The van der Waals surface area contributed by atoms with Gasteiger partial charge in [-0.25, -0.2) is 4.98 Å². The van der Waals surface area contributed by atoms with Gasteiger partial charge in [0.15, 0.2) is 5.13 Å². The lowest BCUT2D eigenvalue weighted by Crippen LogP contribution is -2.28. The molecule has 0 aliphatic carbocycles. The van der Waals surface area contributed by atoms with Crippen LogP contribution in [0.5, 0.6) is 0 Å². The first-order chi connectivity index (χ1) is 9.61. The van der Waals surface area contributed by atoms with Crippen molar-refractivity contribution in [1.29, 1.82) is 0 Å². The van der Waals surface area contributed by atoms with E-state index in [0.717, 1.165) is 34.4 Å². The molecule has 0 radical (unpaired) electrons. The summed E-state index contributed by atoms with van der Waals surface area (Å²) >= 11 is 1.56. The predicted molar refractivity (Wildman–Crippen MR) is 85.3 cm³/mol. The van der Waals surface area contributed by atoms with Crippen molar-refractivity contribution in [3.05, 3.63) is 35.2 Å². The number of aromatic nitrogens is 1. The van der Waals surface area contributed by atoms with Crippen LogP contribution in [0.15, 0.2) is 30.3 Å². The van der Waals surface area contributed by atoms with E-state index >= 15 is 0 Å². The molecule has 1 N–H and O–H groups in total. The molecule has 1 aromatic carbocycles. The zero-order chi connectivity index (χ0) is 14.5. The van der Waals surface area contributed by atoms with Crippen molar-refractivity contribution in [3.63, 3.8) is 0 Å². The number of benzene rings is 1. The summed E-state index contributed by atoms with van der Waals surface area (Å²) in [4.78, 5) is 9.90. The first-order valence-electron chi connectivity index (χ1n) is 6.63. The van der Waals surface area contributed by atoms with Gasteiger partial charge in [0.1, 0.15) is 0 Å². The van der Waals surface area contributed by atoms with Gasteiger partial charge in [0, 0.05) is 25.7 Å². The maximum Gasteiger partial charge on any atom is 0.185 e. The van der Waals surface area contributed by atoms with E-state index in [1.807, 2.05) is 37.4 Å². The second-order valence-corrected chi connectivity index (χ2v) is 6.08. The summed E-state index contributed by atoms with van der Waals surface area (Å²) in [5.41, 5.74) is 1.95. The van der Waals surface area contributed by atoms with E-state index in [2.05, 4.69) is 23.9 Å². The van der Waals surface area contributed by atoms with Crippen molar-refractivity contribution in [2.24, 2.45) is 0 Å². The zero-order valence-electron chi connectivity index (χ0n) is 12.2. The molecule has 0 saturated carbocycles. The molecule has 0 amide bonds. The lowest BCUT2D eigenvalue weighted by atomic mass is 10.1. The monoisotopic (exact) mass is 291 g/mol. The summed E-state index contributed by atoms with van der Waals surface area (Å²) in [5, 5.41) is 10.5. The highest BCUT2D eigenvalue weighted by atomic mass is 32.1. The van der Waals surface area contributed by atoms with Crippen LogP contribution in [0, 0.1) is 0 Å². The molecule has 0 saturated heterocycles. The van der Waals surface area contributed by atoms with Crippen molar-refractivity contribution < 1.29 is 5.11 Å². The van der Waals surface area contributed by atoms with Gasteiger partial charge < -0.3 is 14.9 Å². The number of aliphatic hydroxyl groups excluding tert-OH is 1. The van der Waals surface area contributed by atoms with Crippen LogP contribution in [0.1, 0.15) is 4.88 Å². The molecule has 0 fully saturated rings. The van der Waals surface area contributed by atoms with Crippen LogP contribution in [-0.2, 0) is 6.61 Å². The van der Waals surface area contributed by atoms with Crippen LogP contribution >= 0.6 is 11.3 Å². The van der Waals surface area contributed by atoms with Crippen molar-refractivity contribution >= 4 is 16.5 Å². The Labute approximate surface area is 124 Å². The number of nitrogens with zero attached hydrogens (tertiary/aromatic N) is 3. The summed E-state index contributed by atoms with van der Waals surface area (Å²) < 4.78 is 0. The number of aliphatic hydroxyl groups is 1. The van der Waals surface area contributed by atoms with Crippen LogP contribution in [-0.4, -0.2) is 49.2 Å². The van der Waals surface area contributed by atoms with E-state index in [-0.39, 0.29) is 6.61 Å². The average Bonchev–Trinajstić information content (AvgIpc) is 2.90. The van der Waals surface area contributed by atoms with Gasteiger partial charge in [-0.3, -0.25) is 0 Å². The molecule has 1 heterocycles. The SMILES string of the molecule is CN(C)CCN(C)c1nc(-c2ccccc2)c(CO)s1. The zero-order valence-corrected chi connectivity index (χ0v) is 13.0. The van der Waals surface area contributed by atoms with E-state index in [1.54, 1.807) is 11.3 Å². The first kappa shape index (κ1) is 15.0. The molecule has 0 aliphatic rings. The fourth-order valence-corrected chi connectivity index (χ4v) is 2.81. The Balaban J connectivity index is 2.23. The summed E-state index contributed by atoms with van der Waals surface area (Å²) in [7, 11) is 6.16. The third kappa shape index (κ3) is 3.56. The molecule has 0 spiro atoms. The van der Waals surface area contributed by atoms with Crippen LogP contribution in [0.3, 0.4) is 0 Å². The van der Waals surface area contributed by atoms with E-state index in [9.17, 15) is 5.11 Å². The molecule has 5 heteroatoms. The number of anilines is 1. The van der Waals surface area contributed by atoms with Gasteiger partial charge in [0.05, 0.1) is 17.2 Å². The Morgan fingerprint density at radius 2 is 1.80 bits per heavy atom. The van der Waals surface area contributed by atoms with Gasteiger partial charge in [0.25, 0.3) is 0 Å². The first-order valence-corrected chi connectivity index (χ1v) is 7.45. The quantitative estimate of drug-likeness (QED) is 0.886. The largest absolute Gasteiger partial charge is 0.391 e. The smallest absolute Gasteiger partial charge is 0.185 e. The molecule has 1 aromatic heterocycles. The van der Waals surface area contributed by atoms with Gasteiger partial charge in [0.2, 0.25) is 0 Å². The molecule has 2 rings (SSSR count). The topological polar surface area (TPSA) is 39.6 Å². The second kappa shape index (κ2) is 6.83. The third-order valence-corrected chi connectivity index (χ3v) is 4.24. The summed E-state index contributed by atoms with van der Waals surface area (Å²) in [6.45, 7) is 1.92. The van der Waals surface area contributed by atoms with Gasteiger partial charge >= 0.3 is 0 Å². The van der Waals surface area contributed by atoms with Gasteiger partial charge in [-0.15, -0.1) is 0 Å². The van der Waals surface area contributed by atoms with Gasteiger partial charge in [-0.2, -0.15) is 0 Å². The fraction of sp³-hybridized carbons (Fsp3) is 0.400. The number of hydrogen-bond donors (Lipinski definition) is 1. The summed E-state index contributed by atoms with van der Waals surface area (Å²) in [5.74, 6) is 0. The van der Waals surface area contributed by atoms with E-state index in [1.165, 1.54) is 0 Å². The highest BCUT2D eigenvalue weighted by Gasteiger charge is 2.14.